The van der Waals surface area contributed by atoms with Crippen molar-refractivity contribution >= 4 is 18.0 Å². The molecule has 0 aromatic carbocycles. The van der Waals surface area contributed by atoms with E-state index in [1.165, 1.54) is 0 Å². The minimum Gasteiger partial charge on any atom is -0.460 e. The summed E-state index contributed by atoms with van der Waals surface area (Å²) in [5, 5.41) is 2.56. The van der Waals surface area contributed by atoms with Crippen LogP contribution in [0.2, 0.25) is 0 Å². The molecule has 0 rings (SSSR count). The topological polar surface area (TPSA) is 90.9 Å². The molecular weight excluding hydrogens is 314 g/mol. The van der Waals surface area contributed by atoms with E-state index in [9.17, 15) is 14.4 Å². The number of amides is 1. The van der Waals surface area contributed by atoms with E-state index < -0.39 is 23.6 Å². The summed E-state index contributed by atoms with van der Waals surface area (Å²) in [6.45, 7) is 10.1. The van der Waals surface area contributed by atoms with Gasteiger partial charge in [0.05, 0.1) is 6.61 Å². The van der Waals surface area contributed by atoms with Gasteiger partial charge >= 0.3 is 18.0 Å². The van der Waals surface area contributed by atoms with Crippen LogP contribution in [0, 0.1) is 0 Å². The summed E-state index contributed by atoms with van der Waals surface area (Å²) in [6, 6.07) is 0. The Morgan fingerprint density at radius 1 is 0.958 bits per heavy atom. The lowest BCUT2D eigenvalue weighted by Crippen LogP contribution is -2.53. The quantitative estimate of drug-likeness (QED) is 0.254. The Bertz CT molecular complexity index is 422. The van der Waals surface area contributed by atoms with E-state index in [0.717, 1.165) is 37.8 Å². The van der Waals surface area contributed by atoms with Gasteiger partial charge in [0.25, 0.3) is 0 Å². The molecule has 0 radical (unpaired) electrons. The van der Waals surface area contributed by atoms with E-state index in [1.807, 2.05) is 0 Å². The summed E-state index contributed by atoms with van der Waals surface area (Å²) in [5.41, 5.74) is -1.13. The molecule has 0 aromatic rings. The van der Waals surface area contributed by atoms with Crippen molar-refractivity contribution in [2.45, 2.75) is 45.1 Å². The Balaban J connectivity index is 4.51. The van der Waals surface area contributed by atoms with Gasteiger partial charge in [0.1, 0.15) is 18.8 Å². The predicted octanol–water partition coefficient (Wildman–Crippen LogP) is 2.51. The van der Waals surface area contributed by atoms with Crippen LogP contribution in [0.3, 0.4) is 0 Å². The third-order valence-corrected chi connectivity index (χ3v) is 3.03. The monoisotopic (exact) mass is 341 g/mol. The average Bonchev–Trinajstić information content (AvgIpc) is 2.57. The zero-order valence-electron chi connectivity index (χ0n) is 14.5. The molecular formula is C17H27NO6. The molecule has 136 valence electrons. The van der Waals surface area contributed by atoms with Crippen LogP contribution in [-0.2, 0) is 23.8 Å². The molecule has 0 saturated heterocycles. The molecule has 7 heteroatoms. The van der Waals surface area contributed by atoms with Gasteiger partial charge in [0, 0.05) is 12.2 Å². The number of alkyl carbamates (subject to hydrolysis) is 1. The van der Waals surface area contributed by atoms with Crippen molar-refractivity contribution in [3.05, 3.63) is 25.3 Å². The molecule has 0 spiro atoms. The van der Waals surface area contributed by atoms with Gasteiger partial charge in [-0.25, -0.2) is 14.4 Å². The van der Waals surface area contributed by atoms with Gasteiger partial charge in [-0.2, -0.15) is 0 Å². The molecule has 0 aromatic heterocycles. The lowest BCUT2D eigenvalue weighted by atomic mass is 10.1. The van der Waals surface area contributed by atoms with Crippen LogP contribution in [0.4, 0.5) is 4.79 Å². The molecule has 0 unspecified atom stereocenters. The minimum atomic E-state index is -1.13. The number of rotatable bonds is 12. The van der Waals surface area contributed by atoms with Crippen LogP contribution in [0.25, 0.3) is 0 Å². The highest BCUT2D eigenvalue weighted by molar-refractivity contribution is 5.81. The maximum Gasteiger partial charge on any atom is 0.407 e. The standard InChI is InChI=1S/C17H27NO6/c1-5-8-9-10-11-22-16(21)18-17(4,12-23-14(19)6-2)13-24-15(20)7-3/h6-7H,2-3,5,8-13H2,1,4H3,(H,18,21). The Labute approximate surface area is 143 Å². The average molecular weight is 341 g/mol. The fourth-order valence-electron chi connectivity index (χ4n) is 1.67. The van der Waals surface area contributed by atoms with Gasteiger partial charge in [-0.1, -0.05) is 39.3 Å². The van der Waals surface area contributed by atoms with Crippen LogP contribution in [0.15, 0.2) is 25.3 Å². The number of ether oxygens (including phenoxy) is 3. The number of hydrogen-bond acceptors (Lipinski definition) is 6. The highest BCUT2D eigenvalue weighted by Crippen LogP contribution is 2.08. The maximum atomic E-state index is 11.9. The third-order valence-electron chi connectivity index (χ3n) is 3.03. The fraction of sp³-hybridized carbons (Fsp3) is 0.588. The van der Waals surface area contributed by atoms with Crippen molar-refractivity contribution in [2.24, 2.45) is 0 Å². The Morgan fingerprint density at radius 2 is 1.50 bits per heavy atom. The summed E-state index contributed by atoms with van der Waals surface area (Å²) >= 11 is 0. The molecule has 0 saturated carbocycles. The normalized spacial score (nSPS) is 10.4. The summed E-state index contributed by atoms with van der Waals surface area (Å²) < 4.78 is 15.0. The van der Waals surface area contributed by atoms with E-state index in [4.69, 9.17) is 14.2 Å². The maximum absolute atomic E-state index is 11.9. The number of nitrogens with one attached hydrogen (secondary N) is 1. The third kappa shape index (κ3) is 10.4. The van der Waals surface area contributed by atoms with Crippen LogP contribution in [0.5, 0.6) is 0 Å². The smallest absolute Gasteiger partial charge is 0.407 e. The van der Waals surface area contributed by atoms with Gasteiger partial charge < -0.3 is 19.5 Å². The first-order valence-electron chi connectivity index (χ1n) is 7.90. The van der Waals surface area contributed by atoms with Crippen LogP contribution < -0.4 is 5.32 Å². The lowest BCUT2D eigenvalue weighted by Gasteiger charge is -2.29. The highest BCUT2D eigenvalue weighted by Gasteiger charge is 2.30. The number of carbonyl (C=O) groups excluding carboxylic acids is 3. The minimum absolute atomic E-state index is 0.201. The van der Waals surface area contributed by atoms with E-state index in [0.29, 0.717) is 6.61 Å². The second-order valence-electron chi connectivity index (χ2n) is 5.51. The largest absolute Gasteiger partial charge is 0.460 e. The molecule has 0 heterocycles. The van der Waals surface area contributed by atoms with Gasteiger partial charge in [-0.3, -0.25) is 0 Å². The molecule has 1 N–H and O–H groups in total. The van der Waals surface area contributed by atoms with Crippen molar-refractivity contribution in [1.82, 2.24) is 5.32 Å². The molecule has 7 nitrogen and oxygen atoms in total. The summed E-state index contributed by atoms with van der Waals surface area (Å²) in [7, 11) is 0. The number of carbonyl (C=O) groups is 3. The van der Waals surface area contributed by atoms with Crippen molar-refractivity contribution in [3.8, 4) is 0 Å². The molecule has 0 aliphatic carbocycles. The summed E-state index contributed by atoms with van der Waals surface area (Å²) in [6.07, 6.45) is 5.26. The molecule has 0 aliphatic heterocycles. The first kappa shape index (κ1) is 21.7. The summed E-state index contributed by atoms with van der Waals surface area (Å²) in [4.78, 5) is 34.3. The van der Waals surface area contributed by atoms with E-state index >= 15 is 0 Å². The van der Waals surface area contributed by atoms with E-state index in [1.54, 1.807) is 6.92 Å². The number of unbranched alkanes of at least 4 members (excludes halogenated alkanes) is 3. The van der Waals surface area contributed by atoms with Gasteiger partial charge in [0.2, 0.25) is 0 Å². The molecule has 1 amide bonds. The SMILES string of the molecule is C=CC(=O)OCC(C)(COC(=O)C=C)NC(=O)OCCCCCC. The highest BCUT2D eigenvalue weighted by atomic mass is 16.6. The Morgan fingerprint density at radius 3 is 1.96 bits per heavy atom. The van der Waals surface area contributed by atoms with Gasteiger partial charge in [0.15, 0.2) is 0 Å². The van der Waals surface area contributed by atoms with Crippen molar-refractivity contribution in [2.75, 3.05) is 19.8 Å². The van der Waals surface area contributed by atoms with Gasteiger partial charge in [-0.05, 0) is 13.3 Å². The first-order chi connectivity index (χ1) is 11.4. The Kier molecular flexibility index (Phi) is 11.0. The predicted molar refractivity (Wildman–Crippen MR) is 89.3 cm³/mol. The molecule has 0 bridgehead atoms. The van der Waals surface area contributed by atoms with Crippen molar-refractivity contribution in [3.63, 3.8) is 0 Å². The van der Waals surface area contributed by atoms with E-state index in [-0.39, 0.29) is 13.2 Å². The molecule has 0 atom stereocenters. The van der Waals surface area contributed by atoms with Gasteiger partial charge in [-0.15, -0.1) is 0 Å². The van der Waals surface area contributed by atoms with Crippen LogP contribution in [0.1, 0.15) is 39.5 Å². The summed E-state index contributed by atoms with van der Waals surface area (Å²) in [5.74, 6) is -1.29. The van der Waals surface area contributed by atoms with Crippen LogP contribution in [-0.4, -0.2) is 43.4 Å². The molecule has 24 heavy (non-hydrogen) atoms. The number of esters is 2. The molecule has 0 fully saturated rings. The lowest BCUT2D eigenvalue weighted by molar-refractivity contribution is -0.144. The fourth-order valence-corrected chi connectivity index (χ4v) is 1.67. The second kappa shape index (κ2) is 12.2. The zero-order valence-corrected chi connectivity index (χ0v) is 14.5. The Hall–Kier alpha value is -2.31. The van der Waals surface area contributed by atoms with E-state index in [2.05, 4.69) is 25.4 Å². The van der Waals surface area contributed by atoms with Crippen LogP contribution >= 0.6 is 0 Å². The van der Waals surface area contributed by atoms with Crippen molar-refractivity contribution < 1.29 is 28.6 Å². The van der Waals surface area contributed by atoms with Crippen molar-refractivity contribution in [1.29, 1.82) is 0 Å². The zero-order chi connectivity index (χ0) is 18.4. The second-order valence-corrected chi connectivity index (χ2v) is 5.51. The first-order valence-corrected chi connectivity index (χ1v) is 7.90. The molecule has 0 aliphatic rings. The number of hydrogen-bond donors (Lipinski definition) is 1.